The summed E-state index contributed by atoms with van der Waals surface area (Å²) in [5.74, 6) is 0.427. The summed E-state index contributed by atoms with van der Waals surface area (Å²) in [7, 11) is 1.97. The molecule has 0 radical (unpaired) electrons. The van der Waals surface area contributed by atoms with E-state index in [1.54, 1.807) is 24.2 Å². The van der Waals surface area contributed by atoms with Crippen molar-refractivity contribution >= 4 is 23.4 Å². The average molecular weight is 350 g/mol. The predicted octanol–water partition coefficient (Wildman–Crippen LogP) is 3.71. The molecule has 0 bridgehead atoms. The number of aromatic nitrogens is 3. The van der Waals surface area contributed by atoms with Crippen molar-refractivity contribution in [3.05, 3.63) is 66.7 Å². The first-order chi connectivity index (χ1) is 12.2. The molecule has 1 aromatic carbocycles. The molecule has 1 aliphatic rings. The van der Waals surface area contributed by atoms with Gasteiger partial charge in [-0.25, -0.2) is 4.98 Å². The summed E-state index contributed by atoms with van der Waals surface area (Å²) in [5.41, 5.74) is 1.97. The van der Waals surface area contributed by atoms with Crippen LogP contribution in [0, 0.1) is 5.92 Å². The zero-order valence-corrected chi connectivity index (χ0v) is 14.6. The van der Waals surface area contributed by atoms with E-state index in [1.807, 2.05) is 60.4 Å². The van der Waals surface area contributed by atoms with Gasteiger partial charge in [-0.2, -0.15) is 0 Å². The second-order valence-corrected chi connectivity index (χ2v) is 7.21. The topological polar surface area (TPSA) is 59.8 Å². The fraction of sp³-hybridized carbons (Fsp3) is 0.211. The molecule has 0 saturated heterocycles. The molecule has 0 spiro atoms. The lowest BCUT2D eigenvalue weighted by molar-refractivity contribution is -0.117. The van der Waals surface area contributed by atoms with Crippen molar-refractivity contribution in [1.29, 1.82) is 0 Å². The number of hydrogen-bond donors (Lipinski definition) is 1. The van der Waals surface area contributed by atoms with Gasteiger partial charge >= 0.3 is 0 Å². The van der Waals surface area contributed by atoms with E-state index in [4.69, 9.17) is 0 Å². The first-order valence-corrected chi connectivity index (χ1v) is 8.98. The van der Waals surface area contributed by atoms with Crippen molar-refractivity contribution in [2.45, 2.75) is 22.4 Å². The maximum atomic E-state index is 12.4. The molecule has 5 nitrogen and oxygen atoms in total. The van der Waals surface area contributed by atoms with Crippen molar-refractivity contribution < 1.29 is 4.79 Å². The van der Waals surface area contributed by atoms with Crippen molar-refractivity contribution in [3.8, 4) is 0 Å². The van der Waals surface area contributed by atoms with E-state index in [9.17, 15) is 4.79 Å². The van der Waals surface area contributed by atoms with Crippen LogP contribution in [0.15, 0.2) is 71.2 Å². The van der Waals surface area contributed by atoms with Gasteiger partial charge in [0.2, 0.25) is 5.91 Å². The van der Waals surface area contributed by atoms with Crippen LogP contribution in [0.25, 0.3) is 0 Å². The number of amides is 1. The lowest BCUT2D eigenvalue weighted by atomic mass is 10.1. The van der Waals surface area contributed by atoms with Gasteiger partial charge < -0.3 is 9.88 Å². The highest BCUT2D eigenvalue weighted by Crippen LogP contribution is 2.47. The highest BCUT2D eigenvalue weighted by Gasteiger charge is 2.44. The number of carbonyl (C=O) groups is 1. The van der Waals surface area contributed by atoms with E-state index in [2.05, 4.69) is 15.3 Å². The Labute approximate surface area is 150 Å². The van der Waals surface area contributed by atoms with Crippen LogP contribution in [-0.2, 0) is 11.8 Å². The minimum absolute atomic E-state index is 0.0471. The van der Waals surface area contributed by atoms with E-state index in [-0.39, 0.29) is 11.8 Å². The summed E-state index contributed by atoms with van der Waals surface area (Å²) in [6.45, 7) is 0. The van der Waals surface area contributed by atoms with Crippen LogP contribution < -0.4 is 5.32 Å². The standard InChI is InChI=1S/C19H18N4OS/c1-23-10-9-21-19(23)25-15-6-4-14(5-7-15)22-18(24)17-11-16(17)13-3-2-8-20-12-13/h2-10,12,16-17H,11H2,1H3,(H,22,24)/t16-,17+/m1/s1. The highest BCUT2D eigenvalue weighted by molar-refractivity contribution is 7.99. The Morgan fingerprint density at radius 1 is 1.24 bits per heavy atom. The third-order valence-corrected chi connectivity index (χ3v) is 5.43. The quantitative estimate of drug-likeness (QED) is 0.762. The van der Waals surface area contributed by atoms with E-state index in [0.29, 0.717) is 5.92 Å². The first-order valence-electron chi connectivity index (χ1n) is 8.17. The molecule has 2 heterocycles. The smallest absolute Gasteiger partial charge is 0.228 e. The maximum Gasteiger partial charge on any atom is 0.228 e. The van der Waals surface area contributed by atoms with Crippen LogP contribution in [-0.4, -0.2) is 20.4 Å². The van der Waals surface area contributed by atoms with Crippen LogP contribution in [0.3, 0.4) is 0 Å². The number of benzene rings is 1. The number of rotatable bonds is 5. The Hall–Kier alpha value is -2.60. The molecule has 4 rings (SSSR count). The number of nitrogens with one attached hydrogen (secondary N) is 1. The molecule has 1 saturated carbocycles. The van der Waals surface area contributed by atoms with Gasteiger partial charge in [0, 0.05) is 48.3 Å². The fourth-order valence-corrected chi connectivity index (χ4v) is 3.65. The summed E-state index contributed by atoms with van der Waals surface area (Å²) in [6, 6.07) is 11.8. The molecule has 1 fully saturated rings. The number of pyridine rings is 1. The SMILES string of the molecule is Cn1ccnc1Sc1ccc(NC(=O)[C@H]2C[C@@H]2c2cccnc2)cc1. The number of aryl methyl sites for hydroxylation is 1. The number of carbonyl (C=O) groups excluding carboxylic acids is 1. The summed E-state index contributed by atoms with van der Waals surface area (Å²) in [5, 5.41) is 3.95. The Kier molecular flexibility index (Phi) is 4.28. The molecular weight excluding hydrogens is 332 g/mol. The van der Waals surface area contributed by atoms with Crippen LogP contribution in [0.2, 0.25) is 0 Å². The monoisotopic (exact) mass is 350 g/mol. The largest absolute Gasteiger partial charge is 0.329 e. The zero-order valence-electron chi connectivity index (χ0n) is 13.8. The van der Waals surface area contributed by atoms with E-state index in [1.165, 1.54) is 0 Å². The van der Waals surface area contributed by atoms with Gasteiger partial charge in [-0.05, 0) is 48.2 Å². The molecule has 0 unspecified atom stereocenters. The molecule has 6 heteroatoms. The summed E-state index contributed by atoms with van der Waals surface area (Å²) >= 11 is 1.60. The Morgan fingerprint density at radius 2 is 2.08 bits per heavy atom. The van der Waals surface area contributed by atoms with Crippen LogP contribution in [0.5, 0.6) is 0 Å². The summed E-state index contributed by atoms with van der Waals surface area (Å²) in [6.07, 6.45) is 8.20. The normalized spacial score (nSPS) is 18.8. The highest BCUT2D eigenvalue weighted by atomic mass is 32.2. The van der Waals surface area contributed by atoms with Gasteiger partial charge in [-0.3, -0.25) is 9.78 Å². The van der Waals surface area contributed by atoms with Crippen LogP contribution >= 0.6 is 11.8 Å². The molecular formula is C19H18N4OS. The van der Waals surface area contributed by atoms with Gasteiger partial charge in [0.1, 0.15) is 0 Å². The second-order valence-electron chi connectivity index (χ2n) is 6.17. The number of imidazole rings is 1. The van der Waals surface area contributed by atoms with Crippen molar-refractivity contribution in [1.82, 2.24) is 14.5 Å². The second kappa shape index (κ2) is 6.72. The molecule has 1 aliphatic carbocycles. The lowest BCUT2D eigenvalue weighted by Gasteiger charge is -2.07. The minimum atomic E-state index is 0.0471. The molecule has 3 aromatic rings. The molecule has 1 amide bonds. The van der Waals surface area contributed by atoms with Gasteiger partial charge in [0.15, 0.2) is 5.16 Å². The minimum Gasteiger partial charge on any atom is -0.329 e. The third kappa shape index (κ3) is 3.58. The zero-order chi connectivity index (χ0) is 17.2. The number of hydrogen-bond acceptors (Lipinski definition) is 4. The van der Waals surface area contributed by atoms with E-state index >= 15 is 0 Å². The summed E-state index contributed by atoms with van der Waals surface area (Å²) in [4.78, 5) is 21.9. The predicted molar refractivity (Wildman–Crippen MR) is 97.5 cm³/mol. The lowest BCUT2D eigenvalue weighted by Crippen LogP contribution is -2.14. The van der Waals surface area contributed by atoms with Crippen molar-refractivity contribution in [2.75, 3.05) is 5.32 Å². The molecule has 25 heavy (non-hydrogen) atoms. The van der Waals surface area contributed by atoms with Crippen LogP contribution in [0.1, 0.15) is 17.9 Å². The first kappa shape index (κ1) is 15.9. The molecule has 126 valence electrons. The Morgan fingerprint density at radius 3 is 2.76 bits per heavy atom. The molecule has 0 aliphatic heterocycles. The van der Waals surface area contributed by atoms with Gasteiger partial charge in [0.25, 0.3) is 0 Å². The number of nitrogens with zero attached hydrogens (tertiary/aromatic N) is 3. The van der Waals surface area contributed by atoms with Crippen molar-refractivity contribution in [3.63, 3.8) is 0 Å². The van der Waals surface area contributed by atoms with E-state index in [0.717, 1.165) is 27.7 Å². The summed E-state index contributed by atoms with van der Waals surface area (Å²) < 4.78 is 1.98. The van der Waals surface area contributed by atoms with Gasteiger partial charge in [-0.1, -0.05) is 17.8 Å². The Balaban J connectivity index is 1.35. The Bertz CT molecular complexity index is 876. The molecule has 2 atom stereocenters. The molecule has 1 N–H and O–H groups in total. The number of anilines is 1. The van der Waals surface area contributed by atoms with Crippen molar-refractivity contribution in [2.24, 2.45) is 13.0 Å². The average Bonchev–Trinajstić information content (AvgIpc) is 3.35. The van der Waals surface area contributed by atoms with Crippen LogP contribution in [0.4, 0.5) is 5.69 Å². The van der Waals surface area contributed by atoms with E-state index < -0.39 is 0 Å². The maximum absolute atomic E-state index is 12.4. The van der Waals surface area contributed by atoms with Gasteiger partial charge in [0.05, 0.1) is 0 Å². The third-order valence-electron chi connectivity index (χ3n) is 4.35. The molecule has 2 aromatic heterocycles. The fourth-order valence-electron chi connectivity index (χ4n) is 2.85. The van der Waals surface area contributed by atoms with Gasteiger partial charge in [-0.15, -0.1) is 0 Å².